The molecule has 0 radical (unpaired) electrons. The van der Waals surface area contributed by atoms with Crippen LogP contribution >= 0.6 is 0 Å². The number of aryl methyl sites for hydroxylation is 1. The van der Waals surface area contributed by atoms with E-state index in [0.29, 0.717) is 23.1 Å². The van der Waals surface area contributed by atoms with Crippen LogP contribution in [0.1, 0.15) is 38.3 Å². The number of hydrogen-bond acceptors (Lipinski definition) is 7. The van der Waals surface area contributed by atoms with Gasteiger partial charge >= 0.3 is 18.1 Å². The summed E-state index contributed by atoms with van der Waals surface area (Å²) < 4.78 is 52.9. The van der Waals surface area contributed by atoms with Crippen LogP contribution in [-0.2, 0) is 34.0 Å². The molecule has 1 aromatic heterocycles. The second-order valence-corrected chi connectivity index (χ2v) is 11.3. The number of methoxy groups -OCH3 is 1. The summed E-state index contributed by atoms with van der Waals surface area (Å²) in [6.45, 7) is -0.638. The minimum atomic E-state index is -4.69. The molecule has 3 aromatic carbocycles. The molecule has 1 aliphatic rings. The van der Waals surface area contributed by atoms with Crippen molar-refractivity contribution in [3.8, 4) is 5.75 Å². The van der Waals surface area contributed by atoms with Crippen molar-refractivity contribution in [3.63, 3.8) is 0 Å². The monoisotopic (exact) mass is 676 g/mol. The van der Waals surface area contributed by atoms with Crippen LogP contribution in [0.25, 0.3) is 11.0 Å². The number of carboxylic acid groups (broad SMARTS) is 1. The Labute approximate surface area is 278 Å². The number of nitrogens with zero attached hydrogens (tertiary/aromatic N) is 3. The molecule has 0 fully saturated rings. The standard InChI is InChI=1S/C35H31F3N4O7/c1-41-20-39-29-15-24(8-14-30(29)41)34(47)49-26-11-3-21(4-12-26)18-42(19-32(44)45)33(46)22-5-9-25(10-6-22)40-31(43)16-23-7-13-27(48-2)17-28(23)35(36,37)38/h3-11,13-15,17,20,26H,12,16,18-19H2,1-2H3,(H,40,43)(H,44,45). The molecule has 1 aliphatic carbocycles. The molecule has 2 N–H and O–H groups in total. The molecule has 4 aromatic rings. The lowest BCUT2D eigenvalue weighted by Gasteiger charge is -2.24. The number of aliphatic carboxylic acids is 1. The quantitative estimate of drug-likeness (QED) is 0.201. The zero-order valence-electron chi connectivity index (χ0n) is 26.4. The second-order valence-electron chi connectivity index (χ2n) is 11.3. The molecule has 0 aliphatic heterocycles. The Kier molecular flexibility index (Phi) is 10.2. The number of amides is 2. The summed E-state index contributed by atoms with van der Waals surface area (Å²) in [7, 11) is 3.09. The highest BCUT2D eigenvalue weighted by Crippen LogP contribution is 2.35. The Hall–Kier alpha value is -5.92. The third-order valence-electron chi connectivity index (χ3n) is 7.73. The number of imidazole rings is 1. The van der Waals surface area contributed by atoms with Gasteiger partial charge in [0.15, 0.2) is 0 Å². The van der Waals surface area contributed by atoms with Gasteiger partial charge in [0.05, 0.1) is 42.0 Å². The number of hydrogen-bond donors (Lipinski definition) is 2. The van der Waals surface area contributed by atoms with Crippen LogP contribution in [0.4, 0.5) is 18.9 Å². The molecule has 11 nitrogen and oxygen atoms in total. The molecule has 1 unspecified atom stereocenters. The van der Waals surface area contributed by atoms with Gasteiger partial charge in [-0.1, -0.05) is 18.2 Å². The maximum absolute atomic E-state index is 13.5. The normalized spacial score (nSPS) is 14.2. The van der Waals surface area contributed by atoms with Gasteiger partial charge in [-0.3, -0.25) is 14.4 Å². The first-order valence-corrected chi connectivity index (χ1v) is 14.9. The maximum Gasteiger partial charge on any atom is 0.416 e. The van der Waals surface area contributed by atoms with Crippen LogP contribution in [0.15, 0.2) is 90.8 Å². The van der Waals surface area contributed by atoms with E-state index >= 15 is 0 Å². The van der Waals surface area contributed by atoms with Gasteiger partial charge in [0.25, 0.3) is 5.91 Å². The van der Waals surface area contributed by atoms with Gasteiger partial charge in [-0.25, -0.2) is 9.78 Å². The Morgan fingerprint density at radius 2 is 1.78 bits per heavy atom. The van der Waals surface area contributed by atoms with E-state index in [1.807, 2.05) is 11.6 Å². The number of carboxylic acids is 1. The zero-order chi connectivity index (χ0) is 35.3. The van der Waals surface area contributed by atoms with Crippen molar-refractivity contribution in [1.82, 2.24) is 14.5 Å². The number of rotatable bonds is 11. The molecule has 0 bridgehead atoms. The Bertz CT molecular complexity index is 1970. The Morgan fingerprint density at radius 1 is 1.04 bits per heavy atom. The van der Waals surface area contributed by atoms with E-state index in [2.05, 4.69) is 10.3 Å². The molecule has 254 valence electrons. The first-order chi connectivity index (χ1) is 23.3. The lowest BCUT2D eigenvalue weighted by Crippen LogP contribution is -2.37. The number of esters is 1. The summed E-state index contributed by atoms with van der Waals surface area (Å²) in [4.78, 5) is 55.6. The Balaban J connectivity index is 1.18. The summed E-state index contributed by atoms with van der Waals surface area (Å²) in [5, 5.41) is 12.0. The van der Waals surface area contributed by atoms with Crippen molar-refractivity contribution < 1.29 is 46.9 Å². The van der Waals surface area contributed by atoms with E-state index in [1.165, 1.54) is 43.5 Å². The fraction of sp³-hybridized carbons (Fsp3) is 0.229. The molecule has 49 heavy (non-hydrogen) atoms. The van der Waals surface area contributed by atoms with E-state index < -0.39 is 54.6 Å². The predicted molar refractivity (Wildman–Crippen MR) is 172 cm³/mol. The molecule has 1 heterocycles. The number of carbonyl (C=O) groups excluding carboxylic acids is 3. The van der Waals surface area contributed by atoms with E-state index in [0.717, 1.165) is 16.5 Å². The van der Waals surface area contributed by atoms with Crippen molar-refractivity contribution in [1.29, 1.82) is 0 Å². The highest BCUT2D eigenvalue weighted by Gasteiger charge is 2.34. The van der Waals surface area contributed by atoms with E-state index in [9.17, 15) is 37.5 Å². The number of carbonyl (C=O) groups is 4. The topological polar surface area (TPSA) is 140 Å². The number of aromatic nitrogens is 2. The number of anilines is 1. The van der Waals surface area contributed by atoms with Crippen LogP contribution < -0.4 is 10.1 Å². The van der Waals surface area contributed by atoms with Gasteiger partial charge in [0.1, 0.15) is 18.4 Å². The average Bonchev–Trinajstić information content (AvgIpc) is 3.44. The van der Waals surface area contributed by atoms with Crippen molar-refractivity contribution >= 4 is 40.5 Å². The number of fused-ring (bicyclic) bond motifs is 1. The van der Waals surface area contributed by atoms with Crippen LogP contribution in [0.3, 0.4) is 0 Å². The lowest BCUT2D eigenvalue weighted by molar-refractivity contribution is -0.139. The number of ether oxygens (including phenoxy) is 2. The molecular formula is C35H31F3N4O7. The second kappa shape index (κ2) is 14.5. The minimum absolute atomic E-state index is 0.00476. The first-order valence-electron chi connectivity index (χ1n) is 14.9. The maximum atomic E-state index is 13.5. The van der Waals surface area contributed by atoms with E-state index in [-0.39, 0.29) is 29.1 Å². The summed E-state index contributed by atoms with van der Waals surface area (Å²) in [5.74, 6) is -3.05. The molecular weight excluding hydrogens is 645 g/mol. The molecule has 0 spiro atoms. The SMILES string of the molecule is COc1ccc(CC(=O)Nc2ccc(C(=O)N(CC(=O)O)CC3=CCC(OC(=O)c4ccc5c(c4)ncn5C)C=C3)cc2)c(C(F)(F)F)c1. The van der Waals surface area contributed by atoms with E-state index in [4.69, 9.17) is 9.47 Å². The highest BCUT2D eigenvalue weighted by molar-refractivity contribution is 5.97. The Morgan fingerprint density at radius 3 is 2.43 bits per heavy atom. The third kappa shape index (κ3) is 8.52. The third-order valence-corrected chi connectivity index (χ3v) is 7.73. The fourth-order valence-electron chi connectivity index (χ4n) is 5.26. The number of nitrogens with one attached hydrogen (secondary N) is 1. The minimum Gasteiger partial charge on any atom is -0.497 e. The number of alkyl halides is 3. The largest absolute Gasteiger partial charge is 0.497 e. The predicted octanol–water partition coefficient (Wildman–Crippen LogP) is 5.42. The van der Waals surface area contributed by atoms with Crippen molar-refractivity contribution in [3.05, 3.63) is 113 Å². The average molecular weight is 677 g/mol. The summed E-state index contributed by atoms with van der Waals surface area (Å²) in [6.07, 6.45) is 1.23. The van der Waals surface area contributed by atoms with Crippen molar-refractivity contribution in [2.75, 3.05) is 25.5 Å². The van der Waals surface area contributed by atoms with Crippen molar-refractivity contribution in [2.24, 2.45) is 7.05 Å². The van der Waals surface area contributed by atoms with E-state index in [1.54, 1.807) is 42.8 Å². The van der Waals surface area contributed by atoms with Gasteiger partial charge in [0, 0.05) is 31.3 Å². The molecule has 0 saturated carbocycles. The van der Waals surface area contributed by atoms with Gasteiger partial charge < -0.3 is 29.4 Å². The first kappa shape index (κ1) is 34.4. The van der Waals surface area contributed by atoms with Gasteiger partial charge in [-0.2, -0.15) is 13.2 Å². The molecule has 5 rings (SSSR count). The fourth-order valence-corrected chi connectivity index (χ4v) is 5.26. The molecule has 14 heteroatoms. The lowest BCUT2D eigenvalue weighted by atomic mass is 10.0. The highest BCUT2D eigenvalue weighted by atomic mass is 19.4. The number of halogens is 3. The van der Waals surface area contributed by atoms with Gasteiger partial charge in [-0.05, 0) is 71.8 Å². The molecule has 0 saturated heterocycles. The van der Waals surface area contributed by atoms with Crippen molar-refractivity contribution in [2.45, 2.75) is 25.1 Å². The van der Waals surface area contributed by atoms with Gasteiger partial charge in [-0.15, -0.1) is 0 Å². The van der Waals surface area contributed by atoms with Crippen LogP contribution in [0, 0.1) is 0 Å². The number of benzene rings is 3. The zero-order valence-corrected chi connectivity index (χ0v) is 26.4. The summed E-state index contributed by atoms with van der Waals surface area (Å²) in [6, 6.07) is 14.0. The van der Waals surface area contributed by atoms with Crippen LogP contribution in [0.5, 0.6) is 5.75 Å². The molecule has 2 amide bonds. The summed E-state index contributed by atoms with van der Waals surface area (Å²) >= 11 is 0. The molecule has 1 atom stereocenters. The summed E-state index contributed by atoms with van der Waals surface area (Å²) in [5.41, 5.74) is 1.66. The smallest absolute Gasteiger partial charge is 0.416 e. The van der Waals surface area contributed by atoms with Gasteiger partial charge in [0.2, 0.25) is 5.91 Å². The van der Waals surface area contributed by atoms with Crippen LogP contribution in [0.2, 0.25) is 0 Å². The van der Waals surface area contributed by atoms with Crippen LogP contribution in [-0.4, -0.2) is 69.6 Å².